The molecule has 1 aliphatic heterocycles. The second kappa shape index (κ2) is 6.92. The lowest BCUT2D eigenvalue weighted by Gasteiger charge is -2.39. The van der Waals surface area contributed by atoms with E-state index in [0.717, 1.165) is 24.9 Å². The van der Waals surface area contributed by atoms with E-state index in [1.807, 2.05) is 42.3 Å². The van der Waals surface area contributed by atoms with Crippen molar-refractivity contribution in [1.82, 2.24) is 29.2 Å². The first-order chi connectivity index (χ1) is 12.6. The molecule has 0 spiro atoms. The van der Waals surface area contributed by atoms with Crippen LogP contribution in [0, 0.1) is 5.92 Å². The number of imidazole rings is 2. The number of aromatic nitrogens is 4. The lowest BCUT2D eigenvalue weighted by atomic mass is 9.87. The molecule has 1 aliphatic rings. The molecule has 1 N–H and O–H groups in total. The summed E-state index contributed by atoms with van der Waals surface area (Å²) in [5, 5.41) is 3.13. The second-order valence-corrected chi connectivity index (χ2v) is 7.11. The van der Waals surface area contributed by atoms with Crippen molar-refractivity contribution in [2.75, 3.05) is 20.1 Å². The minimum absolute atomic E-state index is 0.0439. The van der Waals surface area contributed by atoms with E-state index in [0.29, 0.717) is 18.0 Å². The third kappa shape index (κ3) is 3.10. The zero-order valence-electron chi connectivity index (χ0n) is 15.2. The van der Waals surface area contributed by atoms with Crippen molar-refractivity contribution in [3.05, 3.63) is 54.6 Å². The van der Waals surface area contributed by atoms with Gasteiger partial charge >= 0.3 is 0 Å². The van der Waals surface area contributed by atoms with E-state index in [2.05, 4.69) is 31.8 Å². The quantitative estimate of drug-likeness (QED) is 0.778. The molecule has 0 unspecified atom stereocenters. The maximum absolute atomic E-state index is 12.6. The maximum atomic E-state index is 12.6. The topological polar surface area (TPSA) is 67.5 Å². The Labute approximate surface area is 152 Å². The molecule has 4 rings (SSSR count). The summed E-state index contributed by atoms with van der Waals surface area (Å²) in [5.41, 5.74) is 2.83. The summed E-state index contributed by atoms with van der Waals surface area (Å²) in [4.78, 5) is 23.4. The highest BCUT2D eigenvalue weighted by Crippen LogP contribution is 2.34. The Morgan fingerprint density at radius 1 is 1.23 bits per heavy atom. The number of fused-ring (bicyclic) bond motifs is 1. The van der Waals surface area contributed by atoms with Crippen LogP contribution >= 0.6 is 0 Å². The van der Waals surface area contributed by atoms with Crippen LogP contribution in [0.3, 0.4) is 0 Å². The molecule has 3 aromatic rings. The number of carbonyl (C=O) groups is 1. The Bertz CT molecular complexity index is 914. The van der Waals surface area contributed by atoms with Gasteiger partial charge in [0.2, 0.25) is 0 Å². The van der Waals surface area contributed by atoms with Gasteiger partial charge in [-0.05, 0) is 44.5 Å². The molecule has 1 amide bonds. The number of amides is 1. The van der Waals surface area contributed by atoms with E-state index < -0.39 is 0 Å². The van der Waals surface area contributed by atoms with Crippen molar-refractivity contribution < 1.29 is 4.79 Å². The summed E-state index contributed by atoms with van der Waals surface area (Å²) in [6, 6.07) is 4.03. The van der Waals surface area contributed by atoms with Gasteiger partial charge in [-0.2, -0.15) is 0 Å². The Hall–Kier alpha value is -2.67. The van der Waals surface area contributed by atoms with E-state index in [9.17, 15) is 4.79 Å². The molecule has 26 heavy (non-hydrogen) atoms. The number of pyridine rings is 1. The molecule has 0 aliphatic carbocycles. The highest BCUT2D eigenvalue weighted by molar-refractivity contribution is 5.94. The van der Waals surface area contributed by atoms with Gasteiger partial charge in [-0.25, -0.2) is 9.97 Å². The van der Waals surface area contributed by atoms with Crippen LogP contribution in [0.1, 0.15) is 34.9 Å². The van der Waals surface area contributed by atoms with Gasteiger partial charge in [-0.15, -0.1) is 0 Å². The Kier molecular flexibility index (Phi) is 4.46. The standard InChI is InChI=1S/C19H24N6O/c1-23-7-3-4-14(18(23)17-10-21-12-24(17)2)8-22-19(26)15-5-6-16-9-20-13-25(16)11-15/h5-6,9-14,18H,3-4,7-8H2,1-2H3,(H,22,26)/t14-,18+/m0/s1. The lowest BCUT2D eigenvalue weighted by molar-refractivity contribution is 0.0881. The maximum Gasteiger partial charge on any atom is 0.252 e. The fourth-order valence-electron chi connectivity index (χ4n) is 3.97. The van der Waals surface area contributed by atoms with Crippen molar-refractivity contribution in [2.24, 2.45) is 13.0 Å². The van der Waals surface area contributed by atoms with Crippen LogP contribution in [0.2, 0.25) is 0 Å². The van der Waals surface area contributed by atoms with Crippen LogP contribution in [0.5, 0.6) is 0 Å². The number of nitrogens with zero attached hydrogens (tertiary/aromatic N) is 5. The Balaban J connectivity index is 1.48. The Morgan fingerprint density at radius 3 is 2.88 bits per heavy atom. The van der Waals surface area contributed by atoms with E-state index in [1.165, 1.54) is 5.69 Å². The molecule has 0 aromatic carbocycles. The highest BCUT2D eigenvalue weighted by atomic mass is 16.1. The average Bonchev–Trinajstić information content (AvgIpc) is 3.27. The third-order valence-electron chi connectivity index (χ3n) is 5.36. The van der Waals surface area contributed by atoms with Crippen LogP contribution in [0.15, 0.2) is 43.4 Å². The monoisotopic (exact) mass is 352 g/mol. The van der Waals surface area contributed by atoms with E-state index in [1.54, 1.807) is 12.5 Å². The molecule has 136 valence electrons. The molecular formula is C19H24N6O. The van der Waals surface area contributed by atoms with Gasteiger partial charge in [0.1, 0.15) is 0 Å². The van der Waals surface area contributed by atoms with Crippen LogP contribution in [-0.4, -0.2) is 49.9 Å². The average molecular weight is 352 g/mol. The van der Waals surface area contributed by atoms with Crippen LogP contribution in [0.4, 0.5) is 0 Å². The predicted octanol–water partition coefficient (Wildman–Crippen LogP) is 1.88. The predicted molar refractivity (Wildman–Crippen MR) is 98.8 cm³/mol. The molecule has 3 aromatic heterocycles. The minimum Gasteiger partial charge on any atom is -0.352 e. The van der Waals surface area contributed by atoms with E-state index in [-0.39, 0.29) is 11.9 Å². The zero-order valence-corrected chi connectivity index (χ0v) is 15.2. The van der Waals surface area contributed by atoms with Gasteiger partial charge < -0.3 is 14.3 Å². The van der Waals surface area contributed by atoms with Gasteiger partial charge in [-0.1, -0.05) is 0 Å². The summed E-state index contributed by atoms with van der Waals surface area (Å²) in [6.45, 7) is 1.72. The molecule has 1 saturated heterocycles. The summed E-state index contributed by atoms with van der Waals surface area (Å²) in [7, 11) is 4.18. The molecule has 4 heterocycles. The summed E-state index contributed by atoms with van der Waals surface area (Å²) >= 11 is 0. The summed E-state index contributed by atoms with van der Waals surface area (Å²) < 4.78 is 3.94. The molecule has 7 heteroatoms. The summed E-state index contributed by atoms with van der Waals surface area (Å²) in [6.07, 6.45) is 11.3. The first-order valence-electron chi connectivity index (χ1n) is 9.00. The third-order valence-corrected chi connectivity index (χ3v) is 5.36. The fraction of sp³-hybridized carbons (Fsp3) is 0.421. The van der Waals surface area contributed by atoms with Crippen LogP contribution in [0.25, 0.3) is 5.52 Å². The van der Waals surface area contributed by atoms with Gasteiger partial charge in [-0.3, -0.25) is 9.69 Å². The van der Waals surface area contributed by atoms with E-state index >= 15 is 0 Å². The number of hydrogen-bond acceptors (Lipinski definition) is 4. The van der Waals surface area contributed by atoms with Crippen molar-refractivity contribution in [2.45, 2.75) is 18.9 Å². The fourth-order valence-corrected chi connectivity index (χ4v) is 3.97. The van der Waals surface area contributed by atoms with Gasteiger partial charge in [0.15, 0.2) is 0 Å². The molecule has 0 radical (unpaired) electrons. The molecular weight excluding hydrogens is 328 g/mol. The number of aryl methyl sites for hydroxylation is 1. The SMILES string of the molecule is CN1CCC[C@@H](CNC(=O)c2ccc3cncn3c2)[C@@H]1c1cncn1C. The lowest BCUT2D eigenvalue weighted by Crippen LogP contribution is -2.42. The molecule has 2 atom stereocenters. The second-order valence-electron chi connectivity index (χ2n) is 7.11. The van der Waals surface area contributed by atoms with Crippen LogP contribution < -0.4 is 5.32 Å². The van der Waals surface area contributed by atoms with Gasteiger partial charge in [0.05, 0.1) is 41.7 Å². The smallest absolute Gasteiger partial charge is 0.252 e. The molecule has 0 saturated carbocycles. The number of rotatable bonds is 4. The van der Waals surface area contributed by atoms with Crippen molar-refractivity contribution in [3.63, 3.8) is 0 Å². The van der Waals surface area contributed by atoms with Crippen molar-refractivity contribution >= 4 is 11.4 Å². The largest absolute Gasteiger partial charge is 0.352 e. The molecule has 7 nitrogen and oxygen atoms in total. The first kappa shape index (κ1) is 16.8. The van der Waals surface area contributed by atoms with Crippen molar-refractivity contribution in [3.8, 4) is 0 Å². The minimum atomic E-state index is -0.0439. The number of likely N-dealkylation sites (tertiary alicyclic amines) is 1. The van der Waals surface area contributed by atoms with Crippen LogP contribution in [-0.2, 0) is 7.05 Å². The summed E-state index contributed by atoms with van der Waals surface area (Å²) in [5.74, 6) is 0.322. The molecule has 0 bridgehead atoms. The number of nitrogens with one attached hydrogen (secondary N) is 1. The highest BCUT2D eigenvalue weighted by Gasteiger charge is 2.32. The van der Waals surface area contributed by atoms with Gasteiger partial charge in [0, 0.05) is 26.0 Å². The number of piperidine rings is 1. The van der Waals surface area contributed by atoms with Gasteiger partial charge in [0.25, 0.3) is 5.91 Å². The number of carbonyl (C=O) groups excluding carboxylic acids is 1. The number of hydrogen-bond donors (Lipinski definition) is 1. The normalized spacial score (nSPS) is 21.2. The van der Waals surface area contributed by atoms with E-state index in [4.69, 9.17) is 0 Å². The molecule has 1 fully saturated rings. The first-order valence-corrected chi connectivity index (χ1v) is 9.00. The Morgan fingerprint density at radius 2 is 2.08 bits per heavy atom. The van der Waals surface area contributed by atoms with Crippen molar-refractivity contribution in [1.29, 1.82) is 0 Å². The zero-order chi connectivity index (χ0) is 18.1.